The molecular formula is C20H22N6O2S. The number of hydrogen-bond donors (Lipinski definition) is 1. The van der Waals surface area contributed by atoms with Gasteiger partial charge in [0.05, 0.1) is 16.6 Å². The van der Waals surface area contributed by atoms with Crippen LogP contribution in [0.25, 0.3) is 16.8 Å². The number of nitrogens with one attached hydrogen (secondary N) is 1. The summed E-state index contributed by atoms with van der Waals surface area (Å²) in [5, 5.41) is 12.2. The van der Waals surface area contributed by atoms with Crippen molar-refractivity contribution in [2.75, 3.05) is 13.1 Å². The van der Waals surface area contributed by atoms with Crippen LogP contribution >= 0.6 is 0 Å². The third kappa shape index (κ3) is 2.76. The molecule has 2 atom stereocenters. The summed E-state index contributed by atoms with van der Waals surface area (Å²) in [6, 6.07) is 8.60. The van der Waals surface area contributed by atoms with Gasteiger partial charge in [0.2, 0.25) is 0 Å². The lowest BCUT2D eigenvalue weighted by atomic mass is 9.93. The Morgan fingerprint density at radius 3 is 2.69 bits per heavy atom. The Bertz CT molecular complexity index is 1310. The fourth-order valence-corrected chi connectivity index (χ4v) is 5.47. The fraction of sp³-hybridized carbons (Fsp3) is 0.350. The molecule has 1 saturated heterocycles. The monoisotopic (exact) mass is 410 g/mol. The summed E-state index contributed by atoms with van der Waals surface area (Å²) in [5.74, 6) is 1.57. The minimum Gasteiger partial charge on any atom is -0.316 e. The van der Waals surface area contributed by atoms with E-state index in [1.165, 1.54) is 3.97 Å². The first kappa shape index (κ1) is 18.3. The van der Waals surface area contributed by atoms with Gasteiger partial charge in [-0.25, -0.2) is 17.4 Å². The van der Waals surface area contributed by atoms with E-state index in [1.54, 1.807) is 42.7 Å². The minimum atomic E-state index is -3.75. The lowest BCUT2D eigenvalue weighted by Crippen LogP contribution is -2.14. The van der Waals surface area contributed by atoms with E-state index in [0.29, 0.717) is 22.7 Å². The molecule has 9 heteroatoms. The first-order valence-corrected chi connectivity index (χ1v) is 11.2. The Kier molecular flexibility index (Phi) is 4.18. The van der Waals surface area contributed by atoms with Gasteiger partial charge in [-0.15, -0.1) is 10.2 Å². The molecule has 3 aromatic heterocycles. The second kappa shape index (κ2) is 6.64. The highest BCUT2D eigenvalue weighted by Gasteiger charge is 2.32. The van der Waals surface area contributed by atoms with E-state index >= 15 is 0 Å². The molecule has 4 heterocycles. The number of aryl methyl sites for hydroxylation is 1. The van der Waals surface area contributed by atoms with E-state index in [0.717, 1.165) is 30.9 Å². The molecule has 0 saturated carbocycles. The van der Waals surface area contributed by atoms with Gasteiger partial charge < -0.3 is 5.32 Å². The molecule has 29 heavy (non-hydrogen) atoms. The van der Waals surface area contributed by atoms with Crippen molar-refractivity contribution in [3.05, 3.63) is 54.1 Å². The summed E-state index contributed by atoms with van der Waals surface area (Å²) >= 11 is 0. The molecule has 0 bridgehead atoms. The largest absolute Gasteiger partial charge is 0.316 e. The first-order valence-electron chi connectivity index (χ1n) is 9.74. The molecule has 1 aromatic carbocycles. The molecule has 0 spiro atoms. The first-order chi connectivity index (χ1) is 14.0. The maximum atomic E-state index is 13.2. The third-order valence-corrected chi connectivity index (χ3v) is 7.52. The van der Waals surface area contributed by atoms with Crippen LogP contribution in [0.15, 0.2) is 47.6 Å². The van der Waals surface area contributed by atoms with Crippen LogP contribution in [-0.4, -0.2) is 45.1 Å². The Morgan fingerprint density at radius 1 is 1.14 bits per heavy atom. The van der Waals surface area contributed by atoms with Crippen molar-refractivity contribution in [1.82, 2.24) is 28.9 Å². The van der Waals surface area contributed by atoms with Gasteiger partial charge in [0.25, 0.3) is 10.0 Å². The second-order valence-electron chi connectivity index (χ2n) is 7.58. The molecule has 1 fully saturated rings. The lowest BCUT2D eigenvalue weighted by Gasteiger charge is -2.15. The van der Waals surface area contributed by atoms with Crippen molar-refractivity contribution in [3.63, 3.8) is 0 Å². The van der Waals surface area contributed by atoms with E-state index in [4.69, 9.17) is 0 Å². The Morgan fingerprint density at radius 2 is 1.93 bits per heavy atom. The number of hydrogen-bond acceptors (Lipinski definition) is 6. The summed E-state index contributed by atoms with van der Waals surface area (Å²) in [4.78, 5) is 4.64. The van der Waals surface area contributed by atoms with Gasteiger partial charge in [0, 0.05) is 18.7 Å². The molecular weight excluding hydrogens is 388 g/mol. The summed E-state index contributed by atoms with van der Waals surface area (Å²) < 4.78 is 29.6. The molecule has 2 unspecified atom stereocenters. The predicted molar refractivity (Wildman–Crippen MR) is 109 cm³/mol. The van der Waals surface area contributed by atoms with Crippen LogP contribution in [0, 0.1) is 12.8 Å². The quantitative estimate of drug-likeness (QED) is 0.555. The maximum Gasteiger partial charge on any atom is 0.269 e. The molecule has 1 aliphatic heterocycles. The zero-order chi connectivity index (χ0) is 20.2. The number of fused-ring (bicyclic) bond motifs is 3. The topological polar surface area (TPSA) is 94.2 Å². The standard InChI is InChI=1S/C20H22N6O2S/c1-3-14-10-21-11-16(14)19-24-23-18-12-22-20-17(26(18)19)8-9-25(20)29(27,28)15-6-4-13(2)5-7-15/h4-9,12,14,16,21H,3,10-11H2,1-2H3. The van der Waals surface area contributed by atoms with Crippen LogP contribution in [-0.2, 0) is 10.0 Å². The zero-order valence-corrected chi connectivity index (χ0v) is 17.1. The molecule has 1 aliphatic rings. The fourth-order valence-electron chi connectivity index (χ4n) is 4.17. The van der Waals surface area contributed by atoms with Gasteiger partial charge in [-0.05, 0) is 37.6 Å². The Balaban J connectivity index is 1.70. The summed E-state index contributed by atoms with van der Waals surface area (Å²) in [5.41, 5.74) is 2.70. The molecule has 0 aliphatic carbocycles. The Labute approximate surface area is 168 Å². The molecule has 1 N–H and O–H groups in total. The van der Waals surface area contributed by atoms with Crippen LogP contribution in [0.4, 0.5) is 0 Å². The van der Waals surface area contributed by atoms with Gasteiger partial charge in [0.1, 0.15) is 5.82 Å². The van der Waals surface area contributed by atoms with Crippen molar-refractivity contribution in [2.45, 2.75) is 31.1 Å². The second-order valence-corrected chi connectivity index (χ2v) is 9.40. The maximum absolute atomic E-state index is 13.2. The minimum absolute atomic E-state index is 0.234. The van der Waals surface area contributed by atoms with Crippen LogP contribution < -0.4 is 5.32 Å². The average molecular weight is 411 g/mol. The number of nitrogens with zero attached hydrogens (tertiary/aromatic N) is 5. The SMILES string of the molecule is CCC1CNCC1c1nnc2cnc3c(ccn3S(=O)(=O)c3ccc(C)cc3)n12. The zero-order valence-electron chi connectivity index (χ0n) is 16.3. The molecule has 8 nitrogen and oxygen atoms in total. The van der Waals surface area contributed by atoms with E-state index in [9.17, 15) is 8.42 Å². The third-order valence-electron chi connectivity index (χ3n) is 5.84. The average Bonchev–Trinajstić information content (AvgIpc) is 3.44. The van der Waals surface area contributed by atoms with Crippen LogP contribution in [0.2, 0.25) is 0 Å². The molecule has 5 rings (SSSR count). The molecule has 0 amide bonds. The van der Waals surface area contributed by atoms with Crippen molar-refractivity contribution >= 4 is 26.8 Å². The summed E-state index contributed by atoms with van der Waals surface area (Å²) in [6.45, 7) is 5.89. The molecule has 150 valence electrons. The van der Waals surface area contributed by atoms with Crippen molar-refractivity contribution in [3.8, 4) is 0 Å². The van der Waals surface area contributed by atoms with Gasteiger partial charge in [-0.1, -0.05) is 31.0 Å². The van der Waals surface area contributed by atoms with E-state index < -0.39 is 10.0 Å². The van der Waals surface area contributed by atoms with Crippen molar-refractivity contribution in [2.24, 2.45) is 5.92 Å². The summed E-state index contributed by atoms with van der Waals surface area (Å²) in [6.07, 6.45) is 4.19. The van der Waals surface area contributed by atoms with Gasteiger partial charge >= 0.3 is 0 Å². The molecule has 0 radical (unpaired) electrons. The normalized spacial score (nSPS) is 20.1. The van der Waals surface area contributed by atoms with Gasteiger partial charge in [-0.2, -0.15) is 0 Å². The Hall–Kier alpha value is -2.78. The lowest BCUT2D eigenvalue weighted by molar-refractivity contribution is 0.483. The van der Waals surface area contributed by atoms with Crippen molar-refractivity contribution < 1.29 is 8.42 Å². The van der Waals surface area contributed by atoms with Crippen molar-refractivity contribution in [1.29, 1.82) is 0 Å². The molecule has 4 aromatic rings. The highest BCUT2D eigenvalue weighted by molar-refractivity contribution is 7.90. The highest BCUT2D eigenvalue weighted by Crippen LogP contribution is 2.31. The van der Waals surface area contributed by atoms with E-state index in [-0.39, 0.29) is 10.8 Å². The number of aromatic nitrogens is 5. The predicted octanol–water partition coefficient (Wildman–Crippen LogP) is 2.34. The van der Waals surface area contributed by atoms with E-state index in [2.05, 4.69) is 27.4 Å². The number of rotatable bonds is 4. The van der Waals surface area contributed by atoms with Gasteiger partial charge in [-0.3, -0.25) is 4.40 Å². The summed E-state index contributed by atoms with van der Waals surface area (Å²) in [7, 11) is -3.75. The van der Waals surface area contributed by atoms with Crippen LogP contribution in [0.5, 0.6) is 0 Å². The van der Waals surface area contributed by atoms with Crippen LogP contribution in [0.1, 0.15) is 30.7 Å². The van der Waals surface area contributed by atoms with E-state index in [1.807, 2.05) is 11.3 Å². The highest BCUT2D eigenvalue weighted by atomic mass is 32.2. The number of benzene rings is 1. The van der Waals surface area contributed by atoms with Crippen LogP contribution in [0.3, 0.4) is 0 Å². The smallest absolute Gasteiger partial charge is 0.269 e. The van der Waals surface area contributed by atoms with Gasteiger partial charge in [0.15, 0.2) is 11.3 Å².